The molecule has 3 rings (SSSR count). The Balaban J connectivity index is 1.87. The minimum atomic E-state index is 0.0208. The van der Waals surface area contributed by atoms with Crippen molar-refractivity contribution in [2.75, 3.05) is 0 Å². The molecule has 0 bridgehead atoms. The number of benzene rings is 1. The van der Waals surface area contributed by atoms with Crippen molar-refractivity contribution in [3.8, 4) is 11.7 Å². The quantitative estimate of drug-likeness (QED) is 0.771. The van der Waals surface area contributed by atoms with Gasteiger partial charge in [0.05, 0.1) is 15.7 Å². The fourth-order valence-corrected chi connectivity index (χ4v) is 2.22. The molecule has 110 valence electrons. The molecule has 22 heavy (non-hydrogen) atoms. The van der Waals surface area contributed by atoms with Gasteiger partial charge in [0.2, 0.25) is 5.88 Å². The third-order valence-electron chi connectivity index (χ3n) is 2.97. The molecule has 0 saturated carbocycles. The predicted molar refractivity (Wildman–Crippen MR) is 88.4 cm³/mol. The van der Waals surface area contributed by atoms with Gasteiger partial charge in [0.1, 0.15) is 0 Å². The van der Waals surface area contributed by atoms with Crippen molar-refractivity contribution in [1.82, 2.24) is 14.8 Å². The van der Waals surface area contributed by atoms with Crippen LogP contribution in [0.2, 0.25) is 10.0 Å². The molecule has 3 aromatic rings. The first-order chi connectivity index (χ1) is 10.6. The highest BCUT2D eigenvalue weighted by Gasteiger charge is 2.07. The molecule has 2 heterocycles. The minimum absolute atomic E-state index is 0.0208. The molecule has 1 N–H and O–H groups in total. The fourth-order valence-electron chi connectivity index (χ4n) is 1.92. The summed E-state index contributed by atoms with van der Waals surface area (Å²) in [6.07, 6.45) is 5.26. The van der Waals surface area contributed by atoms with Gasteiger partial charge < -0.3 is 5.11 Å². The Morgan fingerprint density at radius 2 is 1.86 bits per heavy atom. The van der Waals surface area contributed by atoms with Crippen LogP contribution in [0.25, 0.3) is 18.0 Å². The number of aromatic nitrogens is 3. The second-order valence-corrected chi connectivity index (χ2v) is 5.35. The van der Waals surface area contributed by atoms with Crippen LogP contribution in [-0.4, -0.2) is 19.9 Å². The molecule has 0 amide bonds. The highest BCUT2D eigenvalue weighted by molar-refractivity contribution is 6.42. The van der Waals surface area contributed by atoms with Crippen molar-refractivity contribution in [3.05, 3.63) is 70.0 Å². The number of pyridine rings is 1. The molecule has 0 saturated heterocycles. The summed E-state index contributed by atoms with van der Waals surface area (Å²) in [6.45, 7) is 0. The van der Waals surface area contributed by atoms with Crippen LogP contribution in [0, 0.1) is 0 Å². The Kier molecular flexibility index (Phi) is 4.13. The molecule has 1 aromatic carbocycles. The number of hydrogen-bond acceptors (Lipinski definition) is 3. The van der Waals surface area contributed by atoms with Crippen molar-refractivity contribution in [2.24, 2.45) is 0 Å². The van der Waals surface area contributed by atoms with Gasteiger partial charge >= 0.3 is 0 Å². The Morgan fingerprint density at radius 3 is 2.59 bits per heavy atom. The van der Waals surface area contributed by atoms with Gasteiger partial charge in [0, 0.05) is 12.3 Å². The monoisotopic (exact) mass is 331 g/mol. The standard InChI is InChI=1S/C16H11Cl2N3O/c17-13-7-5-11(9-14(13)18)4-6-12-10-16(22)21(20-12)15-3-1-2-8-19-15/h1-10,22H. The van der Waals surface area contributed by atoms with Crippen LogP contribution in [0.1, 0.15) is 11.3 Å². The van der Waals surface area contributed by atoms with Crippen molar-refractivity contribution < 1.29 is 5.11 Å². The Bertz CT molecular complexity index is 829. The molecule has 2 aromatic heterocycles. The topological polar surface area (TPSA) is 50.9 Å². The highest BCUT2D eigenvalue weighted by atomic mass is 35.5. The van der Waals surface area contributed by atoms with E-state index in [2.05, 4.69) is 10.1 Å². The third-order valence-corrected chi connectivity index (χ3v) is 3.70. The summed E-state index contributed by atoms with van der Waals surface area (Å²) in [4.78, 5) is 4.15. The molecule has 0 aliphatic heterocycles. The van der Waals surface area contributed by atoms with E-state index in [-0.39, 0.29) is 5.88 Å². The predicted octanol–water partition coefficient (Wildman–Crippen LogP) is 4.45. The van der Waals surface area contributed by atoms with Gasteiger partial charge in [-0.1, -0.05) is 41.4 Å². The molecule has 0 atom stereocenters. The minimum Gasteiger partial charge on any atom is -0.493 e. The van der Waals surface area contributed by atoms with Crippen LogP contribution >= 0.6 is 23.2 Å². The molecule has 0 spiro atoms. The van der Waals surface area contributed by atoms with Crippen LogP contribution < -0.4 is 0 Å². The van der Waals surface area contributed by atoms with Gasteiger partial charge in [0.15, 0.2) is 5.82 Å². The van der Waals surface area contributed by atoms with Crippen LogP contribution in [0.4, 0.5) is 0 Å². The van der Waals surface area contributed by atoms with E-state index >= 15 is 0 Å². The van der Waals surface area contributed by atoms with Gasteiger partial charge in [-0.25, -0.2) is 4.98 Å². The molecule has 0 aliphatic carbocycles. The third kappa shape index (κ3) is 3.13. The summed E-state index contributed by atoms with van der Waals surface area (Å²) < 4.78 is 1.37. The van der Waals surface area contributed by atoms with Gasteiger partial charge in [-0.2, -0.15) is 9.78 Å². The molecule has 0 aliphatic rings. The van der Waals surface area contributed by atoms with E-state index in [1.54, 1.807) is 42.6 Å². The van der Waals surface area contributed by atoms with Crippen molar-refractivity contribution in [3.63, 3.8) is 0 Å². The van der Waals surface area contributed by atoms with Gasteiger partial charge in [0.25, 0.3) is 0 Å². The van der Waals surface area contributed by atoms with E-state index in [4.69, 9.17) is 23.2 Å². The molecular formula is C16H11Cl2N3O. The van der Waals surface area contributed by atoms with Crippen LogP contribution in [-0.2, 0) is 0 Å². The number of hydrogen-bond donors (Lipinski definition) is 1. The number of rotatable bonds is 3. The maximum atomic E-state index is 9.95. The first-order valence-corrected chi connectivity index (χ1v) is 7.22. The van der Waals surface area contributed by atoms with Crippen molar-refractivity contribution in [1.29, 1.82) is 0 Å². The maximum absolute atomic E-state index is 9.95. The van der Waals surface area contributed by atoms with Crippen LogP contribution in [0.5, 0.6) is 5.88 Å². The summed E-state index contributed by atoms with van der Waals surface area (Å²) in [5.74, 6) is 0.571. The fraction of sp³-hybridized carbons (Fsp3) is 0. The average molecular weight is 332 g/mol. The lowest BCUT2D eigenvalue weighted by atomic mass is 10.2. The summed E-state index contributed by atoms with van der Waals surface area (Å²) in [5, 5.41) is 15.2. The lowest BCUT2D eigenvalue weighted by Gasteiger charge is -1.99. The van der Waals surface area contributed by atoms with E-state index in [0.717, 1.165) is 5.56 Å². The zero-order valence-corrected chi connectivity index (χ0v) is 12.8. The lowest BCUT2D eigenvalue weighted by molar-refractivity contribution is 0.432. The summed E-state index contributed by atoms with van der Waals surface area (Å²) in [5.41, 5.74) is 1.50. The van der Waals surface area contributed by atoms with E-state index in [0.29, 0.717) is 21.6 Å². The smallest absolute Gasteiger partial charge is 0.216 e. The molecule has 0 fully saturated rings. The van der Waals surface area contributed by atoms with E-state index in [1.807, 2.05) is 18.2 Å². The molecular weight excluding hydrogens is 321 g/mol. The number of halogens is 2. The van der Waals surface area contributed by atoms with Crippen molar-refractivity contribution >= 4 is 35.4 Å². The Morgan fingerprint density at radius 1 is 1.00 bits per heavy atom. The van der Waals surface area contributed by atoms with E-state index < -0.39 is 0 Å². The van der Waals surface area contributed by atoms with Gasteiger partial charge in [-0.3, -0.25) is 0 Å². The van der Waals surface area contributed by atoms with Gasteiger partial charge in [-0.15, -0.1) is 0 Å². The zero-order valence-electron chi connectivity index (χ0n) is 11.3. The zero-order chi connectivity index (χ0) is 15.5. The SMILES string of the molecule is Oc1cc(C=Cc2ccc(Cl)c(Cl)c2)nn1-c1ccccn1. The lowest BCUT2D eigenvalue weighted by Crippen LogP contribution is -1.98. The van der Waals surface area contributed by atoms with Gasteiger partial charge in [-0.05, 0) is 35.9 Å². The summed E-state index contributed by atoms with van der Waals surface area (Å²) in [6, 6.07) is 12.3. The largest absolute Gasteiger partial charge is 0.493 e. The first-order valence-electron chi connectivity index (χ1n) is 6.47. The average Bonchev–Trinajstić information content (AvgIpc) is 2.90. The van der Waals surface area contributed by atoms with Crippen molar-refractivity contribution in [2.45, 2.75) is 0 Å². The number of aromatic hydroxyl groups is 1. The second kappa shape index (κ2) is 6.22. The highest BCUT2D eigenvalue weighted by Crippen LogP contribution is 2.24. The Hall–Kier alpha value is -2.30. The molecule has 6 heteroatoms. The summed E-state index contributed by atoms with van der Waals surface area (Å²) in [7, 11) is 0. The molecule has 4 nitrogen and oxygen atoms in total. The second-order valence-electron chi connectivity index (χ2n) is 4.53. The molecule has 0 unspecified atom stereocenters. The molecule has 0 radical (unpaired) electrons. The number of nitrogens with zero attached hydrogens (tertiary/aromatic N) is 3. The first kappa shape index (κ1) is 14.6. The van der Waals surface area contributed by atoms with E-state index in [9.17, 15) is 5.11 Å². The Labute approximate surface area is 137 Å². The van der Waals surface area contributed by atoms with Crippen LogP contribution in [0.15, 0.2) is 48.7 Å². The van der Waals surface area contributed by atoms with Crippen LogP contribution in [0.3, 0.4) is 0 Å². The summed E-state index contributed by atoms with van der Waals surface area (Å²) >= 11 is 11.8. The normalized spacial score (nSPS) is 11.2. The maximum Gasteiger partial charge on any atom is 0.216 e. The van der Waals surface area contributed by atoms with E-state index in [1.165, 1.54) is 4.68 Å².